The van der Waals surface area contributed by atoms with E-state index < -0.39 is 0 Å². The molecule has 0 aromatic carbocycles. The third kappa shape index (κ3) is 2.44. The number of pyridine rings is 1. The maximum atomic E-state index is 5.82. The second-order valence-corrected chi connectivity index (χ2v) is 5.19. The first-order valence-electron chi connectivity index (χ1n) is 6.56. The van der Waals surface area contributed by atoms with Crippen LogP contribution in [0.25, 0.3) is 0 Å². The maximum absolute atomic E-state index is 5.82. The predicted octanol–water partition coefficient (Wildman–Crippen LogP) is 2.47. The van der Waals surface area contributed by atoms with Gasteiger partial charge in [-0.2, -0.15) is 0 Å². The molecule has 3 nitrogen and oxygen atoms in total. The first-order valence-corrected chi connectivity index (χ1v) is 6.56. The van der Waals surface area contributed by atoms with E-state index in [1.54, 1.807) is 0 Å². The second kappa shape index (κ2) is 5.05. The van der Waals surface area contributed by atoms with Crippen LogP contribution in [0.3, 0.4) is 0 Å². The minimum absolute atomic E-state index is 0.559. The van der Waals surface area contributed by atoms with Crippen molar-refractivity contribution in [3.63, 3.8) is 0 Å². The van der Waals surface area contributed by atoms with Gasteiger partial charge in [0.1, 0.15) is 5.82 Å². The van der Waals surface area contributed by atoms with Gasteiger partial charge in [-0.05, 0) is 38.7 Å². The Labute approximate surface area is 104 Å². The number of piperidine rings is 1. The summed E-state index contributed by atoms with van der Waals surface area (Å²) < 4.78 is 0. The van der Waals surface area contributed by atoms with Crippen molar-refractivity contribution in [3.8, 4) is 0 Å². The molecule has 0 saturated carbocycles. The zero-order chi connectivity index (χ0) is 12.4. The molecule has 1 fully saturated rings. The lowest BCUT2D eigenvalue weighted by Gasteiger charge is -2.39. The smallest absolute Gasteiger partial charge is 0.133 e. The number of aromatic nitrogens is 1. The first kappa shape index (κ1) is 12.4. The average molecular weight is 233 g/mol. The largest absolute Gasteiger partial charge is 0.353 e. The van der Waals surface area contributed by atoms with Crippen LogP contribution in [0.1, 0.15) is 37.9 Å². The molecule has 1 saturated heterocycles. The fourth-order valence-electron chi connectivity index (χ4n) is 2.61. The molecular weight excluding hydrogens is 210 g/mol. The van der Waals surface area contributed by atoms with Crippen LogP contribution in [0.5, 0.6) is 0 Å². The van der Waals surface area contributed by atoms with Gasteiger partial charge in [0.15, 0.2) is 0 Å². The molecule has 1 aromatic rings. The van der Waals surface area contributed by atoms with E-state index >= 15 is 0 Å². The first-order chi connectivity index (χ1) is 8.13. The molecule has 2 rings (SSSR count). The Hall–Kier alpha value is -1.09. The lowest BCUT2D eigenvalue weighted by molar-refractivity contribution is 0.361. The van der Waals surface area contributed by atoms with Gasteiger partial charge in [-0.1, -0.05) is 13.0 Å². The predicted molar refractivity (Wildman–Crippen MR) is 72.1 cm³/mol. The molecule has 0 amide bonds. The fraction of sp³-hybridized carbons (Fsp3) is 0.643. The summed E-state index contributed by atoms with van der Waals surface area (Å²) in [6.07, 6.45) is 2.58. The lowest BCUT2D eigenvalue weighted by Crippen LogP contribution is -2.43. The van der Waals surface area contributed by atoms with Gasteiger partial charge in [-0.15, -0.1) is 0 Å². The molecule has 1 aliphatic rings. The van der Waals surface area contributed by atoms with Crippen molar-refractivity contribution >= 4 is 5.82 Å². The standard InChI is InChI=1S/C14H23N3/c1-10-5-4-8-17(12(10)3)14-13(9-15)7-6-11(2)16-14/h6-7,10,12H,4-5,8-9,15H2,1-3H3. The van der Waals surface area contributed by atoms with Gasteiger partial charge in [0.05, 0.1) is 0 Å². The van der Waals surface area contributed by atoms with E-state index in [4.69, 9.17) is 10.7 Å². The summed E-state index contributed by atoms with van der Waals surface area (Å²) in [6, 6.07) is 4.72. The number of anilines is 1. The summed E-state index contributed by atoms with van der Waals surface area (Å²) in [4.78, 5) is 7.13. The Balaban J connectivity index is 2.34. The zero-order valence-electron chi connectivity index (χ0n) is 11.1. The van der Waals surface area contributed by atoms with Gasteiger partial charge in [-0.25, -0.2) is 4.98 Å². The highest BCUT2D eigenvalue weighted by Crippen LogP contribution is 2.29. The number of aryl methyl sites for hydroxylation is 1. The van der Waals surface area contributed by atoms with Crippen LogP contribution in [0, 0.1) is 12.8 Å². The van der Waals surface area contributed by atoms with Crippen LogP contribution in [0.15, 0.2) is 12.1 Å². The van der Waals surface area contributed by atoms with Crippen LogP contribution in [0.2, 0.25) is 0 Å². The van der Waals surface area contributed by atoms with Crippen molar-refractivity contribution < 1.29 is 0 Å². The van der Waals surface area contributed by atoms with E-state index in [2.05, 4.69) is 24.8 Å². The Morgan fingerprint density at radius 2 is 2.18 bits per heavy atom. The van der Waals surface area contributed by atoms with Crippen LogP contribution in [-0.2, 0) is 6.54 Å². The van der Waals surface area contributed by atoms with Gasteiger partial charge in [0.25, 0.3) is 0 Å². The number of nitrogens with two attached hydrogens (primary N) is 1. The van der Waals surface area contributed by atoms with Crippen molar-refractivity contribution in [1.29, 1.82) is 0 Å². The van der Waals surface area contributed by atoms with E-state index in [-0.39, 0.29) is 0 Å². The number of hydrogen-bond donors (Lipinski definition) is 1. The molecule has 17 heavy (non-hydrogen) atoms. The Morgan fingerprint density at radius 3 is 2.88 bits per heavy atom. The number of nitrogens with zero attached hydrogens (tertiary/aromatic N) is 2. The van der Waals surface area contributed by atoms with Crippen LogP contribution in [-0.4, -0.2) is 17.6 Å². The van der Waals surface area contributed by atoms with Gasteiger partial charge in [0.2, 0.25) is 0 Å². The molecule has 0 aliphatic carbocycles. The molecule has 2 atom stereocenters. The lowest BCUT2D eigenvalue weighted by atomic mass is 9.92. The maximum Gasteiger partial charge on any atom is 0.133 e. The molecule has 1 aliphatic heterocycles. The van der Waals surface area contributed by atoms with Crippen LogP contribution < -0.4 is 10.6 Å². The molecule has 94 valence electrons. The van der Waals surface area contributed by atoms with E-state index in [1.165, 1.54) is 12.8 Å². The third-order valence-corrected chi connectivity index (χ3v) is 3.96. The van der Waals surface area contributed by atoms with Gasteiger partial charge < -0.3 is 10.6 Å². The van der Waals surface area contributed by atoms with Crippen LogP contribution >= 0.6 is 0 Å². The number of rotatable bonds is 2. The Kier molecular flexibility index (Phi) is 3.67. The summed E-state index contributed by atoms with van der Waals surface area (Å²) in [5.74, 6) is 1.84. The quantitative estimate of drug-likeness (QED) is 0.853. The Morgan fingerprint density at radius 1 is 1.41 bits per heavy atom. The minimum atomic E-state index is 0.559. The normalized spacial score (nSPS) is 25.1. The van der Waals surface area contributed by atoms with Crippen molar-refractivity contribution in [1.82, 2.24) is 4.98 Å². The third-order valence-electron chi connectivity index (χ3n) is 3.96. The van der Waals surface area contributed by atoms with E-state index in [0.717, 1.165) is 29.5 Å². The highest BCUT2D eigenvalue weighted by atomic mass is 15.2. The van der Waals surface area contributed by atoms with Crippen molar-refractivity contribution in [2.45, 2.75) is 46.2 Å². The SMILES string of the molecule is Cc1ccc(CN)c(N2CCCC(C)C2C)n1. The van der Waals surface area contributed by atoms with Crippen molar-refractivity contribution in [2.24, 2.45) is 11.7 Å². The summed E-state index contributed by atoms with van der Waals surface area (Å²) in [7, 11) is 0. The van der Waals surface area contributed by atoms with Crippen LogP contribution in [0.4, 0.5) is 5.82 Å². The zero-order valence-corrected chi connectivity index (χ0v) is 11.1. The molecule has 0 spiro atoms. The molecule has 1 aromatic heterocycles. The van der Waals surface area contributed by atoms with Gasteiger partial charge in [-0.3, -0.25) is 0 Å². The average Bonchev–Trinajstić information content (AvgIpc) is 2.33. The minimum Gasteiger partial charge on any atom is -0.353 e. The van der Waals surface area contributed by atoms with E-state index in [1.807, 2.05) is 13.0 Å². The molecule has 2 unspecified atom stereocenters. The monoisotopic (exact) mass is 233 g/mol. The molecule has 2 heterocycles. The summed E-state index contributed by atoms with van der Waals surface area (Å²) in [6.45, 7) is 8.35. The number of hydrogen-bond acceptors (Lipinski definition) is 3. The van der Waals surface area contributed by atoms with E-state index in [0.29, 0.717) is 12.6 Å². The topological polar surface area (TPSA) is 42.1 Å². The van der Waals surface area contributed by atoms with Crippen molar-refractivity contribution in [2.75, 3.05) is 11.4 Å². The molecule has 0 bridgehead atoms. The molecule has 2 N–H and O–H groups in total. The molecular formula is C14H23N3. The second-order valence-electron chi connectivity index (χ2n) is 5.19. The summed E-state index contributed by atoms with van der Waals surface area (Å²) in [5, 5.41) is 0. The van der Waals surface area contributed by atoms with E-state index in [9.17, 15) is 0 Å². The summed E-state index contributed by atoms with van der Waals surface area (Å²) in [5.41, 5.74) is 8.06. The van der Waals surface area contributed by atoms with Crippen molar-refractivity contribution in [3.05, 3.63) is 23.4 Å². The summed E-state index contributed by atoms with van der Waals surface area (Å²) >= 11 is 0. The highest BCUT2D eigenvalue weighted by molar-refractivity contribution is 5.49. The molecule has 3 heteroatoms. The Bertz CT molecular complexity index is 389. The highest BCUT2D eigenvalue weighted by Gasteiger charge is 2.26. The molecule has 0 radical (unpaired) electrons. The fourth-order valence-corrected chi connectivity index (χ4v) is 2.61. The van der Waals surface area contributed by atoms with Gasteiger partial charge >= 0.3 is 0 Å². The van der Waals surface area contributed by atoms with Gasteiger partial charge in [0, 0.05) is 30.4 Å².